The molecule has 40 heavy (non-hydrogen) atoms. The molecule has 2 aliphatic heterocycles. The number of carbonyl (C=O) groups is 1. The van der Waals surface area contributed by atoms with Crippen LogP contribution < -0.4 is 10.0 Å². The molecule has 4 aliphatic rings. The second-order valence-electron chi connectivity index (χ2n) is 11.2. The van der Waals surface area contributed by atoms with Crippen molar-refractivity contribution >= 4 is 29.1 Å². The summed E-state index contributed by atoms with van der Waals surface area (Å²) in [5, 5.41) is 12.6. The van der Waals surface area contributed by atoms with Crippen molar-refractivity contribution in [3.05, 3.63) is 93.6 Å². The molecule has 2 saturated heterocycles. The SMILES string of the molecule is O=C=O.[2H]C1([2H])N(c2ccc3c(c2)C(C)(C)C2=CC(=[N+]4C([2H])([2H])C([2H])([2H])C4([2H])[2H])C=CC2=C3c2cc(C(C)(C)C)ccc2C(=O)[O-])C([2H])([2H])C1([2H])[2H]. The summed E-state index contributed by atoms with van der Waals surface area (Å²) in [5.74, 6) is -1.43. The minimum absolute atomic E-state index is 0.0445. The molecule has 2 aromatic rings. The van der Waals surface area contributed by atoms with Crippen molar-refractivity contribution in [3.63, 3.8) is 0 Å². The number of aromatic carboxylic acids is 1. The van der Waals surface area contributed by atoms with E-state index >= 15 is 0 Å². The topological polar surface area (TPSA) is 80.5 Å². The fourth-order valence-electron chi connectivity index (χ4n) is 5.27. The number of rotatable bonds is 3. The molecule has 6 nitrogen and oxygen atoms in total. The Bertz CT molecular complexity index is 2040. The van der Waals surface area contributed by atoms with Crippen LogP contribution in [-0.2, 0) is 20.4 Å². The Balaban J connectivity index is 0.00000168. The molecule has 2 fully saturated rings. The van der Waals surface area contributed by atoms with Gasteiger partial charge in [0.05, 0.1) is 12.3 Å². The standard InChI is InChI=1S/C33H36N2O2.CO2/c1-32(2,3)21-8-11-24(31(36)37)27(18-21)30-25-12-9-22(34-14-6-15-34)19-28(25)33(4,5)29-20-23(10-13-26(29)30)35-16-7-17-35;2-1-3/h8-13,18-20H,6-7,14-17H2,1-5H3;/i6D2,7D2,14D2,15D2,16D2,17D2;. The Morgan fingerprint density at radius 2 is 1.73 bits per heavy atom. The van der Waals surface area contributed by atoms with Gasteiger partial charge in [0.15, 0.2) is 5.71 Å². The predicted molar refractivity (Wildman–Crippen MR) is 154 cm³/mol. The van der Waals surface area contributed by atoms with Crippen LogP contribution in [0, 0.1) is 0 Å². The maximum absolute atomic E-state index is 12.6. The average molecular weight is 549 g/mol. The average Bonchev–Trinajstić information content (AvgIpc) is 3.00. The zero-order valence-electron chi connectivity index (χ0n) is 34.7. The first-order valence-electron chi connectivity index (χ1n) is 18.6. The summed E-state index contributed by atoms with van der Waals surface area (Å²) >= 11 is 0. The lowest BCUT2D eigenvalue weighted by Crippen LogP contribution is -2.38. The summed E-state index contributed by atoms with van der Waals surface area (Å²) in [7, 11) is 0. The Kier molecular flexibility index (Phi) is 4.15. The molecule has 0 N–H and O–H groups in total. The number of carboxylic acid groups (broad SMARTS) is 1. The molecule has 0 unspecified atom stereocenters. The minimum Gasteiger partial charge on any atom is -0.545 e. The van der Waals surface area contributed by atoms with E-state index in [0.29, 0.717) is 33.4 Å². The van der Waals surface area contributed by atoms with Gasteiger partial charge in [0.2, 0.25) is 0 Å². The van der Waals surface area contributed by atoms with Crippen molar-refractivity contribution in [1.29, 1.82) is 0 Å². The van der Waals surface area contributed by atoms with Gasteiger partial charge >= 0.3 is 6.15 Å². The Labute approximate surface area is 252 Å². The van der Waals surface area contributed by atoms with Gasteiger partial charge in [-0.1, -0.05) is 52.8 Å². The molecule has 0 atom stereocenters. The van der Waals surface area contributed by atoms with Crippen LogP contribution in [0.3, 0.4) is 0 Å². The first kappa shape index (κ1) is 16.3. The van der Waals surface area contributed by atoms with Gasteiger partial charge in [0.1, 0.15) is 18.5 Å². The van der Waals surface area contributed by atoms with Crippen LogP contribution in [0.25, 0.3) is 5.57 Å². The van der Waals surface area contributed by atoms with E-state index in [0.717, 1.165) is 15.0 Å². The van der Waals surface area contributed by atoms with Gasteiger partial charge in [-0.2, -0.15) is 9.59 Å². The van der Waals surface area contributed by atoms with Gasteiger partial charge < -0.3 is 14.8 Å². The molecule has 0 bridgehead atoms. The third-order valence-corrected chi connectivity index (χ3v) is 7.45. The molecule has 2 aromatic carbocycles. The van der Waals surface area contributed by atoms with Crippen molar-refractivity contribution in [2.24, 2.45) is 0 Å². The largest absolute Gasteiger partial charge is 0.545 e. The van der Waals surface area contributed by atoms with E-state index in [1.807, 2.05) is 34.6 Å². The highest BCUT2D eigenvalue weighted by Crippen LogP contribution is 2.51. The Hall–Kier alpha value is -4.02. The molecule has 206 valence electrons. The van der Waals surface area contributed by atoms with Crippen LogP contribution in [-0.4, -0.2) is 48.4 Å². The molecule has 6 heteroatoms. The monoisotopic (exact) mass is 548 g/mol. The summed E-state index contributed by atoms with van der Waals surface area (Å²) in [4.78, 5) is 29.6. The quantitative estimate of drug-likeness (QED) is 0.531. The summed E-state index contributed by atoms with van der Waals surface area (Å²) in [6.07, 6.45) is -0.773. The third kappa shape index (κ3) is 4.67. The maximum atomic E-state index is 12.6. The fraction of sp³-hybridized carbons (Fsp3) is 0.382. The highest BCUT2D eigenvalue weighted by atomic mass is 16.4. The van der Waals surface area contributed by atoms with E-state index in [-0.39, 0.29) is 23.1 Å². The number of carbonyl (C=O) groups excluding carboxylic acids is 3. The minimum atomic E-state index is -2.83. The second kappa shape index (κ2) is 10.2. The van der Waals surface area contributed by atoms with E-state index in [4.69, 9.17) is 26.0 Å². The summed E-state index contributed by atoms with van der Waals surface area (Å²) < 4.78 is 100. The number of carboxylic acids is 1. The molecule has 0 radical (unpaired) electrons. The van der Waals surface area contributed by atoms with Gasteiger partial charge in [-0.15, -0.1) is 0 Å². The van der Waals surface area contributed by atoms with Crippen molar-refractivity contribution < 1.29 is 40.5 Å². The van der Waals surface area contributed by atoms with E-state index in [1.54, 1.807) is 36.4 Å². The van der Waals surface area contributed by atoms with Gasteiger partial charge in [-0.3, -0.25) is 0 Å². The number of nitrogens with zero attached hydrogens (tertiary/aromatic N) is 2. The molecule has 2 heterocycles. The third-order valence-electron chi connectivity index (χ3n) is 7.45. The molecule has 6 rings (SSSR count). The smallest absolute Gasteiger partial charge is 0.373 e. The van der Waals surface area contributed by atoms with Gasteiger partial charge in [0, 0.05) is 52.8 Å². The number of anilines is 1. The number of fused-ring (bicyclic) bond motifs is 2. The molecular formula is C34H36N2O4. The predicted octanol–water partition coefficient (Wildman–Crippen LogP) is 4.42. The van der Waals surface area contributed by atoms with Gasteiger partial charge in [0.25, 0.3) is 0 Å². The highest BCUT2D eigenvalue weighted by molar-refractivity contribution is 6.08. The molecular weight excluding hydrogens is 500 g/mol. The molecule has 0 amide bonds. The lowest BCUT2D eigenvalue weighted by Gasteiger charge is -2.41. The Morgan fingerprint density at radius 1 is 1.02 bits per heavy atom. The number of hydrogen-bond acceptors (Lipinski definition) is 5. The van der Waals surface area contributed by atoms with Crippen molar-refractivity contribution in [2.75, 3.05) is 30.9 Å². The fourth-order valence-corrected chi connectivity index (χ4v) is 5.27. The number of hydrogen-bond donors (Lipinski definition) is 0. The molecule has 0 saturated carbocycles. The normalized spacial score (nSPS) is 30.8. The van der Waals surface area contributed by atoms with Crippen LogP contribution in [0.4, 0.5) is 5.69 Å². The van der Waals surface area contributed by atoms with Crippen molar-refractivity contribution in [3.8, 4) is 0 Å². The van der Waals surface area contributed by atoms with Crippen LogP contribution >= 0.6 is 0 Å². The maximum Gasteiger partial charge on any atom is 0.373 e. The number of allylic oxidation sites excluding steroid dienone is 5. The summed E-state index contributed by atoms with van der Waals surface area (Å²) in [5.41, 5.74) is 2.20. The lowest BCUT2D eigenvalue weighted by molar-refractivity contribution is -0.582. The van der Waals surface area contributed by atoms with E-state index in [1.165, 1.54) is 18.2 Å². The Morgan fingerprint density at radius 3 is 2.38 bits per heavy atom. The van der Waals surface area contributed by atoms with Crippen molar-refractivity contribution in [2.45, 2.75) is 58.2 Å². The zero-order valence-corrected chi connectivity index (χ0v) is 22.7. The van der Waals surface area contributed by atoms with E-state index in [9.17, 15) is 9.90 Å². The van der Waals surface area contributed by atoms with E-state index in [2.05, 4.69) is 0 Å². The zero-order chi connectivity index (χ0) is 39.6. The number of benzene rings is 2. The van der Waals surface area contributed by atoms with Gasteiger partial charge in [-0.25, -0.2) is 4.58 Å². The second-order valence-corrected chi connectivity index (χ2v) is 11.2. The van der Waals surface area contributed by atoms with E-state index < -0.39 is 55.5 Å². The highest BCUT2D eigenvalue weighted by Gasteiger charge is 2.40. The van der Waals surface area contributed by atoms with Crippen molar-refractivity contribution in [1.82, 2.24) is 0 Å². The van der Waals surface area contributed by atoms with Crippen LogP contribution in [0.15, 0.2) is 65.8 Å². The van der Waals surface area contributed by atoms with Crippen LogP contribution in [0.1, 0.15) is 96.4 Å². The molecule has 0 aromatic heterocycles. The summed E-state index contributed by atoms with van der Waals surface area (Å²) in [6, 6.07) is 9.58. The van der Waals surface area contributed by atoms with Crippen LogP contribution in [0.5, 0.6) is 0 Å². The first-order chi connectivity index (χ1) is 23.5. The molecule has 0 spiro atoms. The summed E-state index contributed by atoms with van der Waals surface area (Å²) in [6.45, 7) is -1.29. The lowest BCUT2D eigenvalue weighted by atomic mass is 9.63. The van der Waals surface area contributed by atoms with Crippen LogP contribution in [0.2, 0.25) is 0 Å². The first-order valence-corrected chi connectivity index (χ1v) is 12.6. The molecule has 2 aliphatic carbocycles. The van der Waals surface area contributed by atoms with Gasteiger partial charge in [-0.05, 0) is 75.0 Å².